The summed E-state index contributed by atoms with van der Waals surface area (Å²) in [5, 5.41) is 14.1. The summed E-state index contributed by atoms with van der Waals surface area (Å²) in [4.78, 5) is 29.3. The molecule has 0 bridgehead atoms. The standard InChI is InChI=1S/C18H24N2O3S/c21-15-9-18(17(23)20(11-15)10-13-1-2-13)4-6-19(7-5-18)16(22)14-3-8-24-12-14/h3,8,12-13,15,21H,1-2,4-7,9-11H2. The predicted molar refractivity (Wildman–Crippen MR) is 91.8 cm³/mol. The molecule has 1 saturated carbocycles. The second-order valence-electron chi connectivity index (χ2n) is 7.60. The zero-order valence-corrected chi connectivity index (χ0v) is 14.6. The van der Waals surface area contributed by atoms with Gasteiger partial charge in [0.15, 0.2) is 0 Å². The number of aliphatic hydroxyl groups is 1. The van der Waals surface area contributed by atoms with E-state index in [9.17, 15) is 14.7 Å². The molecule has 2 saturated heterocycles. The molecule has 1 unspecified atom stereocenters. The van der Waals surface area contributed by atoms with E-state index in [1.807, 2.05) is 26.6 Å². The first-order chi connectivity index (χ1) is 11.6. The molecule has 1 aliphatic carbocycles. The van der Waals surface area contributed by atoms with Crippen molar-refractivity contribution in [2.75, 3.05) is 26.2 Å². The second kappa shape index (κ2) is 6.15. The van der Waals surface area contributed by atoms with Gasteiger partial charge in [-0.1, -0.05) is 0 Å². The SMILES string of the molecule is O=C(c1ccsc1)N1CCC2(CC1)CC(O)CN(CC1CC1)C2=O. The molecular formula is C18H24N2O3S. The van der Waals surface area contributed by atoms with E-state index < -0.39 is 11.5 Å². The fourth-order valence-corrected chi connectivity index (χ4v) is 4.80. The molecule has 4 rings (SSSR count). The van der Waals surface area contributed by atoms with Crippen LogP contribution in [0.15, 0.2) is 16.8 Å². The fraction of sp³-hybridized carbons (Fsp3) is 0.667. The van der Waals surface area contributed by atoms with E-state index in [0.717, 1.165) is 12.1 Å². The number of carbonyl (C=O) groups excluding carboxylic acids is 2. The highest BCUT2D eigenvalue weighted by Crippen LogP contribution is 2.42. The molecule has 2 amide bonds. The molecule has 0 aromatic carbocycles. The summed E-state index contributed by atoms with van der Waals surface area (Å²) in [5.74, 6) is 0.906. The molecule has 1 N–H and O–H groups in total. The number of hydrogen-bond donors (Lipinski definition) is 1. The van der Waals surface area contributed by atoms with Crippen molar-refractivity contribution in [3.63, 3.8) is 0 Å². The molecule has 0 radical (unpaired) electrons. The predicted octanol–water partition coefficient (Wildman–Crippen LogP) is 1.97. The van der Waals surface area contributed by atoms with Gasteiger partial charge in [-0.15, -0.1) is 0 Å². The molecule has 24 heavy (non-hydrogen) atoms. The van der Waals surface area contributed by atoms with Gasteiger partial charge in [0.1, 0.15) is 0 Å². The average Bonchev–Trinajstić information content (AvgIpc) is 3.22. The van der Waals surface area contributed by atoms with Gasteiger partial charge in [0.2, 0.25) is 5.91 Å². The van der Waals surface area contributed by atoms with Crippen LogP contribution in [0.1, 0.15) is 42.5 Å². The summed E-state index contributed by atoms with van der Waals surface area (Å²) in [5.41, 5.74) is 0.277. The Morgan fingerprint density at radius 2 is 2.08 bits per heavy atom. The highest BCUT2D eigenvalue weighted by molar-refractivity contribution is 7.08. The Balaban J connectivity index is 1.44. The Morgan fingerprint density at radius 3 is 2.71 bits per heavy atom. The van der Waals surface area contributed by atoms with Crippen LogP contribution in [0.5, 0.6) is 0 Å². The zero-order valence-electron chi connectivity index (χ0n) is 13.8. The van der Waals surface area contributed by atoms with Gasteiger partial charge in [0.05, 0.1) is 17.1 Å². The lowest BCUT2D eigenvalue weighted by molar-refractivity contribution is -0.156. The molecule has 1 atom stereocenters. The first-order valence-electron chi connectivity index (χ1n) is 8.86. The Labute approximate surface area is 146 Å². The van der Waals surface area contributed by atoms with E-state index in [1.165, 1.54) is 24.2 Å². The van der Waals surface area contributed by atoms with E-state index in [-0.39, 0.29) is 11.8 Å². The number of likely N-dealkylation sites (tertiary alicyclic amines) is 2. The Hall–Kier alpha value is -1.40. The van der Waals surface area contributed by atoms with Gasteiger partial charge in [-0.2, -0.15) is 11.3 Å². The summed E-state index contributed by atoms with van der Waals surface area (Å²) in [6.07, 6.45) is 3.86. The van der Waals surface area contributed by atoms with Crippen LogP contribution >= 0.6 is 11.3 Å². The number of β-amino-alcohol motifs (C(OH)–C–C–N with tert-alkyl or cyclic N) is 1. The number of nitrogens with zero attached hydrogens (tertiary/aromatic N) is 2. The number of aliphatic hydroxyl groups excluding tert-OH is 1. The minimum atomic E-state index is -0.460. The summed E-state index contributed by atoms with van der Waals surface area (Å²) >= 11 is 1.52. The summed E-state index contributed by atoms with van der Waals surface area (Å²) < 4.78 is 0. The van der Waals surface area contributed by atoms with Crippen molar-refractivity contribution in [2.45, 2.75) is 38.2 Å². The smallest absolute Gasteiger partial charge is 0.254 e. The van der Waals surface area contributed by atoms with Crippen LogP contribution in [-0.4, -0.2) is 59.0 Å². The average molecular weight is 348 g/mol. The topological polar surface area (TPSA) is 60.9 Å². The zero-order chi connectivity index (χ0) is 16.7. The van der Waals surface area contributed by atoms with Crippen LogP contribution in [0.3, 0.4) is 0 Å². The van der Waals surface area contributed by atoms with Crippen molar-refractivity contribution in [1.29, 1.82) is 0 Å². The van der Waals surface area contributed by atoms with E-state index in [0.29, 0.717) is 44.8 Å². The molecule has 1 aromatic heterocycles. The van der Waals surface area contributed by atoms with Crippen LogP contribution in [0.4, 0.5) is 0 Å². The maximum absolute atomic E-state index is 13.0. The van der Waals surface area contributed by atoms with Crippen molar-refractivity contribution in [3.8, 4) is 0 Å². The van der Waals surface area contributed by atoms with Crippen LogP contribution < -0.4 is 0 Å². The van der Waals surface area contributed by atoms with Gasteiger partial charge in [-0.25, -0.2) is 0 Å². The second-order valence-corrected chi connectivity index (χ2v) is 8.38. The normalized spacial score (nSPS) is 26.9. The fourth-order valence-electron chi connectivity index (χ4n) is 4.17. The van der Waals surface area contributed by atoms with Crippen LogP contribution in [-0.2, 0) is 4.79 Å². The number of rotatable bonds is 3. The minimum Gasteiger partial charge on any atom is -0.391 e. The maximum atomic E-state index is 13.0. The van der Waals surface area contributed by atoms with E-state index in [4.69, 9.17) is 0 Å². The molecule has 3 heterocycles. The van der Waals surface area contributed by atoms with Gasteiger partial charge in [-0.05, 0) is 49.5 Å². The molecule has 3 aliphatic rings. The maximum Gasteiger partial charge on any atom is 0.254 e. The van der Waals surface area contributed by atoms with Crippen molar-refractivity contribution in [1.82, 2.24) is 9.80 Å². The number of amides is 2. The molecule has 130 valence electrons. The van der Waals surface area contributed by atoms with Crippen LogP contribution in [0.2, 0.25) is 0 Å². The molecule has 5 nitrogen and oxygen atoms in total. The van der Waals surface area contributed by atoms with Crippen molar-refractivity contribution < 1.29 is 14.7 Å². The lowest BCUT2D eigenvalue weighted by Gasteiger charge is -2.48. The summed E-state index contributed by atoms with van der Waals surface area (Å²) in [7, 11) is 0. The van der Waals surface area contributed by atoms with Crippen molar-refractivity contribution in [3.05, 3.63) is 22.4 Å². The van der Waals surface area contributed by atoms with Gasteiger partial charge in [0.25, 0.3) is 5.91 Å². The van der Waals surface area contributed by atoms with Crippen molar-refractivity contribution >= 4 is 23.2 Å². The van der Waals surface area contributed by atoms with Gasteiger partial charge in [-0.3, -0.25) is 9.59 Å². The third-order valence-electron chi connectivity index (χ3n) is 5.75. The highest BCUT2D eigenvalue weighted by atomic mass is 32.1. The molecule has 1 spiro atoms. The van der Waals surface area contributed by atoms with Crippen LogP contribution in [0, 0.1) is 11.3 Å². The van der Waals surface area contributed by atoms with E-state index in [1.54, 1.807) is 0 Å². The van der Waals surface area contributed by atoms with Gasteiger partial charge >= 0.3 is 0 Å². The largest absolute Gasteiger partial charge is 0.391 e. The highest BCUT2D eigenvalue weighted by Gasteiger charge is 2.49. The lowest BCUT2D eigenvalue weighted by atomic mass is 9.70. The molecule has 1 aromatic rings. The van der Waals surface area contributed by atoms with E-state index in [2.05, 4.69) is 0 Å². The van der Waals surface area contributed by atoms with Gasteiger partial charge in [0, 0.05) is 31.6 Å². The minimum absolute atomic E-state index is 0.0599. The quantitative estimate of drug-likeness (QED) is 0.908. The summed E-state index contributed by atoms with van der Waals surface area (Å²) in [6, 6.07) is 1.85. The van der Waals surface area contributed by atoms with Crippen molar-refractivity contribution in [2.24, 2.45) is 11.3 Å². The number of hydrogen-bond acceptors (Lipinski definition) is 4. The molecule has 2 aliphatic heterocycles. The third-order valence-corrected chi connectivity index (χ3v) is 6.43. The third kappa shape index (κ3) is 2.97. The lowest BCUT2D eigenvalue weighted by Crippen LogP contribution is -2.58. The van der Waals surface area contributed by atoms with E-state index >= 15 is 0 Å². The van der Waals surface area contributed by atoms with Crippen LogP contribution in [0.25, 0.3) is 0 Å². The first-order valence-corrected chi connectivity index (χ1v) is 9.81. The Morgan fingerprint density at radius 1 is 1.33 bits per heavy atom. The number of piperidine rings is 2. The molecular weight excluding hydrogens is 324 g/mol. The Bertz CT molecular complexity index is 616. The number of thiophene rings is 1. The molecule has 6 heteroatoms. The Kier molecular flexibility index (Phi) is 4.12. The monoisotopic (exact) mass is 348 g/mol. The number of carbonyl (C=O) groups is 2. The molecule has 3 fully saturated rings. The van der Waals surface area contributed by atoms with Gasteiger partial charge < -0.3 is 14.9 Å². The summed E-state index contributed by atoms with van der Waals surface area (Å²) in [6.45, 7) is 2.48. The first kappa shape index (κ1) is 16.1.